The first kappa shape index (κ1) is 28.2. The SMILES string of the molecule is O=S(=O)([C-](S(=O)(=O)C(F)(F)F)S(=O)(=O)C(F)(F)F)C(F)(F)F.[IH+]c1ccccc1. The summed E-state index contributed by atoms with van der Waals surface area (Å²) in [5.41, 5.74) is -21.2. The predicted molar refractivity (Wildman–Crippen MR) is 74.7 cm³/mol. The van der Waals surface area contributed by atoms with Crippen molar-refractivity contribution in [2.45, 2.75) is 16.5 Å². The van der Waals surface area contributed by atoms with Gasteiger partial charge in [-0.1, -0.05) is 18.2 Å². The second kappa shape index (κ2) is 8.73. The van der Waals surface area contributed by atoms with E-state index in [0.29, 0.717) is 0 Å². The van der Waals surface area contributed by atoms with E-state index >= 15 is 0 Å². The third kappa shape index (κ3) is 6.32. The Bertz CT molecular complexity index is 905. The fraction of sp³-hybridized carbons (Fsp3) is 0.300. The molecule has 0 N–H and O–H groups in total. The lowest BCUT2D eigenvalue weighted by molar-refractivity contribution is -0.328. The van der Waals surface area contributed by atoms with E-state index < -0.39 is 50.0 Å². The highest BCUT2D eigenvalue weighted by molar-refractivity contribution is 8.29. The van der Waals surface area contributed by atoms with Gasteiger partial charge in [0.2, 0.25) is 0 Å². The number of alkyl halides is 9. The number of sulfone groups is 3. The molecule has 1 aromatic rings. The van der Waals surface area contributed by atoms with Gasteiger partial charge in [-0.3, -0.25) is 25.3 Å². The van der Waals surface area contributed by atoms with Crippen molar-refractivity contribution < 1.29 is 87.4 Å². The van der Waals surface area contributed by atoms with Crippen molar-refractivity contribution in [3.05, 3.63) is 37.8 Å². The van der Waals surface area contributed by atoms with E-state index in [1.807, 2.05) is 40.8 Å². The fourth-order valence-electron chi connectivity index (χ4n) is 1.14. The van der Waals surface area contributed by atoms with Crippen LogP contribution in [0.1, 0.15) is 0 Å². The maximum atomic E-state index is 12.0. The monoisotopic (exact) mass is 616 g/mol. The maximum absolute atomic E-state index is 12.0. The zero-order valence-electron chi connectivity index (χ0n) is 12.9. The van der Waals surface area contributed by atoms with E-state index in [9.17, 15) is 64.8 Å². The second-order valence-corrected chi connectivity index (χ2v) is 12.2. The minimum absolute atomic E-state index is 1.33. The van der Waals surface area contributed by atoms with Gasteiger partial charge >= 0.3 is 16.5 Å². The molecule has 0 aliphatic rings. The average Bonchev–Trinajstić information content (AvgIpc) is 2.44. The maximum Gasteiger partial charge on any atom is 0.470 e. The van der Waals surface area contributed by atoms with E-state index in [4.69, 9.17) is 0 Å². The predicted octanol–water partition coefficient (Wildman–Crippen LogP) is -0.621. The van der Waals surface area contributed by atoms with Gasteiger partial charge in [-0.2, -0.15) is 39.5 Å². The third-order valence-corrected chi connectivity index (χ3v) is 10.2. The number of hydrogen-bond acceptors (Lipinski definition) is 6. The Kier molecular flexibility index (Phi) is 8.48. The van der Waals surface area contributed by atoms with Gasteiger partial charge in [0.15, 0.2) is 33.1 Å². The highest BCUT2D eigenvalue weighted by Crippen LogP contribution is 2.47. The largest absolute Gasteiger partial charge is 0.470 e. The van der Waals surface area contributed by atoms with E-state index in [0.717, 1.165) is 0 Å². The van der Waals surface area contributed by atoms with Crippen molar-refractivity contribution >= 4 is 29.5 Å². The molecule has 29 heavy (non-hydrogen) atoms. The molecule has 0 unspecified atom stereocenters. The number of rotatable bonds is 3. The van der Waals surface area contributed by atoms with Gasteiger partial charge < -0.3 is 0 Å². The van der Waals surface area contributed by atoms with Crippen molar-refractivity contribution in [1.82, 2.24) is 0 Å². The van der Waals surface area contributed by atoms with Crippen LogP contribution in [-0.4, -0.2) is 41.8 Å². The second-order valence-electron chi connectivity index (χ2n) is 4.41. The lowest BCUT2D eigenvalue weighted by atomic mass is 10.4. The van der Waals surface area contributed by atoms with E-state index in [2.05, 4.69) is 12.1 Å². The lowest BCUT2D eigenvalue weighted by Crippen LogP contribution is -3.34. The van der Waals surface area contributed by atoms with Crippen LogP contribution < -0.4 is 22.6 Å². The van der Waals surface area contributed by atoms with Gasteiger partial charge in [0.05, 0.1) is 3.91 Å². The summed E-state index contributed by atoms with van der Waals surface area (Å²) in [6, 6.07) is 10.3. The zero-order chi connectivity index (χ0) is 23.7. The molecule has 0 aliphatic carbocycles. The van der Waals surface area contributed by atoms with Crippen molar-refractivity contribution in [1.29, 1.82) is 0 Å². The van der Waals surface area contributed by atoms with Gasteiger partial charge in [-0.05, 0) is 12.1 Å². The first-order valence-corrected chi connectivity index (χ1v) is 11.7. The Morgan fingerprint density at radius 2 is 0.828 bits per heavy atom. The minimum Gasteiger partial charge on any atom is -0.251 e. The Labute approximate surface area is 171 Å². The molecule has 1 rings (SSSR count). The summed E-state index contributed by atoms with van der Waals surface area (Å²) in [5.74, 6) is 0. The lowest BCUT2D eigenvalue weighted by Gasteiger charge is -2.31. The standard InChI is InChI=1S/C6H6I.C4F9O6S3/c7-6-4-2-1-3-5-6;5-2(6,7)20(14,15)1(21(16,17)3(8,9)10)22(18,19)4(11,12)13/h1-5,7H;/q+1;-1. The molecule has 0 saturated carbocycles. The molecule has 0 radical (unpaired) electrons. The molecule has 0 amide bonds. The fourth-order valence-corrected chi connectivity index (χ4v) is 7.32. The Hall–Kier alpha value is -0.830. The molecular formula is C10H6F9IO6S3. The topological polar surface area (TPSA) is 102 Å². The van der Waals surface area contributed by atoms with Crippen LogP contribution in [0.2, 0.25) is 0 Å². The van der Waals surface area contributed by atoms with Crippen LogP contribution in [0.3, 0.4) is 0 Å². The molecular weight excluding hydrogens is 610 g/mol. The van der Waals surface area contributed by atoms with Crippen LogP contribution in [0.4, 0.5) is 39.5 Å². The molecule has 1 aromatic carbocycles. The van der Waals surface area contributed by atoms with Crippen molar-refractivity contribution in [2.75, 3.05) is 0 Å². The summed E-state index contributed by atoms with van der Waals surface area (Å²) in [4.78, 5) is 0. The van der Waals surface area contributed by atoms with Crippen LogP contribution in [0.15, 0.2) is 30.3 Å². The first-order chi connectivity index (χ1) is 12.5. The number of halogens is 10. The summed E-state index contributed by atoms with van der Waals surface area (Å²) in [5, 5.41) is 0. The number of hydrogen-bond donors (Lipinski definition) is 0. The van der Waals surface area contributed by atoms with Crippen molar-refractivity contribution in [2.24, 2.45) is 0 Å². The molecule has 170 valence electrons. The van der Waals surface area contributed by atoms with Crippen LogP contribution in [-0.2, 0) is 29.5 Å². The molecule has 0 heterocycles. The molecule has 19 heteroatoms. The van der Waals surface area contributed by atoms with E-state index in [1.165, 1.54) is 3.57 Å². The zero-order valence-corrected chi connectivity index (χ0v) is 17.7. The van der Waals surface area contributed by atoms with Crippen LogP contribution in [0.25, 0.3) is 0 Å². The molecule has 0 spiro atoms. The summed E-state index contributed by atoms with van der Waals surface area (Å²) < 4.78 is 169. The molecule has 0 aromatic heterocycles. The Morgan fingerprint density at radius 1 is 0.586 bits per heavy atom. The van der Waals surface area contributed by atoms with Crippen molar-refractivity contribution in [3.63, 3.8) is 0 Å². The highest BCUT2D eigenvalue weighted by atomic mass is 127. The normalized spacial score (nSPS) is 14.3. The molecule has 6 nitrogen and oxygen atoms in total. The Balaban J connectivity index is 0.000000929. The summed E-state index contributed by atoms with van der Waals surface area (Å²) in [6.07, 6.45) is 0. The van der Waals surface area contributed by atoms with Crippen molar-refractivity contribution in [3.8, 4) is 0 Å². The molecule has 0 fully saturated rings. The van der Waals surface area contributed by atoms with E-state index in [-0.39, 0.29) is 0 Å². The summed E-state index contributed by atoms with van der Waals surface area (Å²) >= 11 is 2.02. The van der Waals surface area contributed by atoms with Gasteiger partial charge in [0.25, 0.3) is 22.6 Å². The minimum atomic E-state index is -8.02. The van der Waals surface area contributed by atoms with Gasteiger partial charge in [0.1, 0.15) is 0 Å². The molecule has 0 atom stereocenters. The van der Waals surface area contributed by atoms with Gasteiger partial charge in [-0.15, -0.1) is 0 Å². The summed E-state index contributed by atoms with van der Waals surface area (Å²) in [6.45, 7) is 0. The molecule has 0 bridgehead atoms. The average molecular weight is 616 g/mol. The Morgan fingerprint density at radius 3 is 0.966 bits per heavy atom. The molecule has 0 aliphatic heterocycles. The van der Waals surface area contributed by atoms with Gasteiger partial charge in [-0.25, -0.2) is 0 Å². The number of benzene rings is 1. The summed E-state index contributed by atoms with van der Waals surface area (Å²) in [7, 11) is -24.1. The van der Waals surface area contributed by atoms with Crippen LogP contribution in [0, 0.1) is 7.48 Å². The third-order valence-electron chi connectivity index (χ3n) is 2.32. The highest BCUT2D eigenvalue weighted by Gasteiger charge is 2.63. The molecule has 0 saturated heterocycles. The van der Waals surface area contributed by atoms with Crippen LogP contribution >= 0.6 is 0 Å². The van der Waals surface area contributed by atoms with Crippen LogP contribution in [0.5, 0.6) is 0 Å². The smallest absolute Gasteiger partial charge is 0.251 e. The van der Waals surface area contributed by atoms with Gasteiger partial charge in [0, 0.05) is 0 Å². The quantitative estimate of drug-likeness (QED) is 0.255. The van der Waals surface area contributed by atoms with E-state index in [1.54, 1.807) is 0 Å². The first-order valence-electron chi connectivity index (χ1n) is 6.04.